The third kappa shape index (κ3) is 1.73. The van der Waals surface area contributed by atoms with E-state index in [0.717, 1.165) is 0 Å². The van der Waals surface area contributed by atoms with Crippen molar-refractivity contribution < 1.29 is 13.9 Å². The maximum absolute atomic E-state index is 13.5. The molecule has 0 saturated carbocycles. The third-order valence-electron chi connectivity index (χ3n) is 2.31. The molecule has 0 amide bonds. The second-order valence-corrected chi connectivity index (χ2v) is 3.76. The Balaban J connectivity index is 2.61. The number of furan rings is 1. The second-order valence-electron chi connectivity index (χ2n) is 3.35. The van der Waals surface area contributed by atoms with Gasteiger partial charge >= 0.3 is 0 Å². The minimum Gasteiger partial charge on any atom is -0.455 e. The maximum atomic E-state index is 13.5. The van der Waals surface area contributed by atoms with E-state index in [1.165, 1.54) is 6.07 Å². The lowest BCUT2D eigenvalue weighted by Gasteiger charge is -2.01. The van der Waals surface area contributed by atoms with Gasteiger partial charge in [0.2, 0.25) is 0 Å². The van der Waals surface area contributed by atoms with Crippen LogP contribution in [0.5, 0.6) is 0 Å². The number of halogens is 2. The van der Waals surface area contributed by atoms with Crippen LogP contribution in [0.2, 0.25) is 5.02 Å². The molecule has 4 heteroatoms. The highest BCUT2D eigenvalue weighted by atomic mass is 35.5. The summed E-state index contributed by atoms with van der Waals surface area (Å²) in [4.78, 5) is 0. The summed E-state index contributed by atoms with van der Waals surface area (Å²) in [5.41, 5.74) is 0.102. The van der Waals surface area contributed by atoms with Crippen LogP contribution in [0.15, 0.2) is 22.6 Å². The van der Waals surface area contributed by atoms with E-state index in [4.69, 9.17) is 16.0 Å². The zero-order valence-electron chi connectivity index (χ0n) is 8.13. The number of aliphatic hydroxyl groups excluding tert-OH is 1. The van der Waals surface area contributed by atoms with E-state index in [1.807, 2.05) is 6.92 Å². The summed E-state index contributed by atoms with van der Waals surface area (Å²) in [6.07, 6.45) is -0.176. The van der Waals surface area contributed by atoms with Gasteiger partial charge in [0, 0.05) is 5.39 Å². The van der Waals surface area contributed by atoms with Gasteiger partial charge in [-0.3, -0.25) is 0 Å². The monoisotopic (exact) mass is 228 g/mol. The topological polar surface area (TPSA) is 33.4 Å². The highest BCUT2D eigenvalue weighted by Gasteiger charge is 2.15. The van der Waals surface area contributed by atoms with Gasteiger partial charge in [-0.2, -0.15) is 0 Å². The van der Waals surface area contributed by atoms with Crippen molar-refractivity contribution in [1.82, 2.24) is 0 Å². The van der Waals surface area contributed by atoms with Crippen LogP contribution in [0.3, 0.4) is 0 Å². The fourth-order valence-corrected chi connectivity index (χ4v) is 1.58. The Morgan fingerprint density at radius 1 is 1.53 bits per heavy atom. The van der Waals surface area contributed by atoms with Gasteiger partial charge in [0.1, 0.15) is 11.9 Å². The zero-order valence-corrected chi connectivity index (χ0v) is 8.88. The van der Waals surface area contributed by atoms with Crippen LogP contribution in [-0.2, 0) is 0 Å². The minimum absolute atomic E-state index is 0.0226. The van der Waals surface area contributed by atoms with Crippen molar-refractivity contribution in [2.45, 2.75) is 19.4 Å². The van der Waals surface area contributed by atoms with Crippen LogP contribution in [-0.4, -0.2) is 5.11 Å². The van der Waals surface area contributed by atoms with Crippen molar-refractivity contribution in [3.8, 4) is 0 Å². The van der Waals surface area contributed by atoms with Crippen LogP contribution in [0, 0.1) is 5.82 Å². The minimum atomic E-state index is -0.699. The Morgan fingerprint density at radius 2 is 2.27 bits per heavy atom. The van der Waals surface area contributed by atoms with Gasteiger partial charge in [0.15, 0.2) is 11.4 Å². The lowest BCUT2D eigenvalue weighted by atomic mass is 10.2. The zero-order chi connectivity index (χ0) is 11.0. The Labute approximate surface area is 91.3 Å². The molecular formula is C11H10ClFO2. The number of aliphatic hydroxyl groups is 1. The van der Waals surface area contributed by atoms with E-state index >= 15 is 0 Å². The number of fused-ring (bicyclic) bond motifs is 1. The van der Waals surface area contributed by atoms with Gasteiger partial charge in [-0.15, -0.1) is 0 Å². The lowest BCUT2D eigenvalue weighted by molar-refractivity contribution is 0.148. The first kappa shape index (κ1) is 10.5. The molecule has 0 aliphatic rings. The molecule has 1 atom stereocenters. The third-order valence-corrected chi connectivity index (χ3v) is 2.61. The maximum Gasteiger partial charge on any atom is 0.184 e. The number of benzene rings is 1. The molecule has 0 aliphatic heterocycles. The summed E-state index contributed by atoms with van der Waals surface area (Å²) in [5, 5.41) is 10.2. The van der Waals surface area contributed by atoms with Crippen LogP contribution in [0.4, 0.5) is 4.39 Å². The number of hydrogen-bond acceptors (Lipinski definition) is 2. The summed E-state index contributed by atoms with van der Waals surface area (Å²) < 4.78 is 18.7. The van der Waals surface area contributed by atoms with Crippen molar-refractivity contribution in [2.75, 3.05) is 0 Å². The highest BCUT2D eigenvalue weighted by Crippen LogP contribution is 2.30. The van der Waals surface area contributed by atoms with Crippen LogP contribution in [0.1, 0.15) is 25.2 Å². The highest BCUT2D eigenvalue weighted by molar-refractivity contribution is 6.31. The van der Waals surface area contributed by atoms with Gasteiger partial charge in [-0.1, -0.05) is 18.5 Å². The average Bonchev–Trinajstić information content (AvgIpc) is 2.67. The van der Waals surface area contributed by atoms with Crippen molar-refractivity contribution in [3.63, 3.8) is 0 Å². The first-order chi connectivity index (χ1) is 7.13. The Hall–Kier alpha value is -1.06. The predicted molar refractivity (Wildman–Crippen MR) is 56.4 cm³/mol. The standard InChI is InChI=1S/C11H10ClFO2/c1-2-8(14)9-5-6-3-4-7(12)10(13)11(6)15-9/h3-5,8,14H,2H2,1H3. The molecular weight excluding hydrogens is 219 g/mol. The average molecular weight is 229 g/mol. The van der Waals surface area contributed by atoms with Crippen molar-refractivity contribution >= 4 is 22.6 Å². The fraction of sp³-hybridized carbons (Fsp3) is 0.273. The molecule has 2 nitrogen and oxygen atoms in total. The van der Waals surface area contributed by atoms with Crippen molar-refractivity contribution in [2.24, 2.45) is 0 Å². The van der Waals surface area contributed by atoms with E-state index in [1.54, 1.807) is 12.1 Å². The summed E-state index contributed by atoms with van der Waals surface area (Å²) in [7, 11) is 0. The number of hydrogen-bond donors (Lipinski definition) is 1. The molecule has 1 aromatic carbocycles. The Bertz CT molecular complexity index is 493. The predicted octanol–water partition coefficient (Wildman–Crippen LogP) is 3.67. The lowest BCUT2D eigenvalue weighted by Crippen LogP contribution is -1.91. The van der Waals surface area contributed by atoms with E-state index in [-0.39, 0.29) is 10.6 Å². The quantitative estimate of drug-likeness (QED) is 0.851. The molecule has 1 N–H and O–H groups in total. The molecule has 0 saturated heterocycles. The van der Waals surface area contributed by atoms with E-state index < -0.39 is 11.9 Å². The molecule has 0 radical (unpaired) electrons. The molecule has 2 aromatic rings. The van der Waals surface area contributed by atoms with Gasteiger partial charge in [0.25, 0.3) is 0 Å². The molecule has 0 spiro atoms. The molecule has 2 rings (SSSR count). The van der Waals surface area contributed by atoms with E-state index in [0.29, 0.717) is 17.6 Å². The summed E-state index contributed by atoms with van der Waals surface area (Å²) >= 11 is 5.61. The van der Waals surface area contributed by atoms with Gasteiger partial charge < -0.3 is 9.52 Å². The van der Waals surface area contributed by atoms with Gasteiger partial charge in [-0.05, 0) is 24.6 Å². The molecule has 1 aromatic heterocycles. The first-order valence-corrected chi connectivity index (χ1v) is 5.06. The summed E-state index contributed by atoms with van der Waals surface area (Å²) in [6, 6.07) is 4.76. The molecule has 1 heterocycles. The van der Waals surface area contributed by atoms with Crippen LogP contribution in [0.25, 0.3) is 11.0 Å². The van der Waals surface area contributed by atoms with E-state index in [2.05, 4.69) is 0 Å². The molecule has 0 fully saturated rings. The first-order valence-electron chi connectivity index (χ1n) is 4.69. The Morgan fingerprint density at radius 3 is 2.93 bits per heavy atom. The van der Waals surface area contributed by atoms with Crippen molar-refractivity contribution in [1.29, 1.82) is 0 Å². The van der Waals surface area contributed by atoms with Crippen LogP contribution < -0.4 is 0 Å². The molecule has 15 heavy (non-hydrogen) atoms. The smallest absolute Gasteiger partial charge is 0.184 e. The molecule has 0 bridgehead atoms. The Kier molecular flexibility index (Phi) is 2.67. The molecule has 0 aliphatic carbocycles. The normalized spacial score (nSPS) is 13.3. The van der Waals surface area contributed by atoms with Crippen LogP contribution >= 0.6 is 11.6 Å². The number of rotatable bonds is 2. The second kappa shape index (κ2) is 3.83. The largest absolute Gasteiger partial charge is 0.455 e. The molecule has 80 valence electrons. The summed E-state index contributed by atoms with van der Waals surface area (Å²) in [5.74, 6) is -0.211. The SMILES string of the molecule is CCC(O)c1cc2ccc(Cl)c(F)c2o1. The van der Waals surface area contributed by atoms with Gasteiger partial charge in [-0.25, -0.2) is 4.39 Å². The van der Waals surface area contributed by atoms with Crippen molar-refractivity contribution in [3.05, 3.63) is 34.8 Å². The summed E-state index contributed by atoms with van der Waals surface area (Å²) in [6.45, 7) is 1.82. The molecule has 1 unspecified atom stereocenters. The van der Waals surface area contributed by atoms with Gasteiger partial charge in [0.05, 0.1) is 5.02 Å². The fourth-order valence-electron chi connectivity index (χ4n) is 1.43. The van der Waals surface area contributed by atoms with E-state index in [9.17, 15) is 9.50 Å².